The number of hydrogen-bond acceptors (Lipinski definition) is 11. The number of nitrogen functional groups attached to an aromatic ring is 1. The second kappa shape index (κ2) is 17.6. The average Bonchev–Trinajstić information content (AvgIpc) is 3.91. The number of carbonyl (C=O) groups is 3. The molecule has 0 bridgehead atoms. The molecule has 0 saturated carbocycles. The summed E-state index contributed by atoms with van der Waals surface area (Å²) in [5, 5.41) is 33.9. The number of benzene rings is 3. The molecule has 0 radical (unpaired) electrons. The Balaban J connectivity index is 0.959. The molecule has 0 unspecified atom stereocenters. The normalized spacial score (nSPS) is 13.7. The number of phenols is 2. The van der Waals surface area contributed by atoms with Crippen molar-refractivity contribution in [3.05, 3.63) is 112 Å². The average molecular weight is 871 g/mol. The van der Waals surface area contributed by atoms with Gasteiger partial charge in [0.2, 0.25) is 11.7 Å². The van der Waals surface area contributed by atoms with Gasteiger partial charge in [0, 0.05) is 71.6 Å². The van der Waals surface area contributed by atoms with Crippen molar-refractivity contribution in [3.8, 4) is 45.5 Å². The van der Waals surface area contributed by atoms with Gasteiger partial charge in [0.15, 0.2) is 23.7 Å². The maximum Gasteiger partial charge on any atom is 0.254 e. The van der Waals surface area contributed by atoms with E-state index in [0.717, 1.165) is 5.56 Å². The molecule has 1 aliphatic heterocycles. The molecule has 4 heterocycles. The Hall–Kier alpha value is -6.52. The van der Waals surface area contributed by atoms with Crippen LogP contribution in [-0.2, 0) is 4.79 Å². The molecule has 7 rings (SSSR count). The van der Waals surface area contributed by atoms with Gasteiger partial charge in [0.1, 0.15) is 23.4 Å². The molecule has 18 heteroatoms. The number of amides is 2. The number of aromatic hydroxyl groups is 2. The summed E-state index contributed by atoms with van der Waals surface area (Å²) in [6.45, 7) is 6.27. The van der Waals surface area contributed by atoms with Crippen molar-refractivity contribution in [3.63, 3.8) is 0 Å². The molecular weight excluding hydrogens is 828 g/mol. The first-order valence-electron chi connectivity index (χ1n) is 19.4. The van der Waals surface area contributed by atoms with Crippen molar-refractivity contribution in [2.45, 2.75) is 51.7 Å². The molecule has 1 fully saturated rings. The third-order valence-electron chi connectivity index (χ3n) is 10.7. The number of likely N-dealkylation sites (N-methyl/N-ethyl adjacent to an activating group) is 1. The lowest BCUT2D eigenvalue weighted by atomic mass is 9.98. The second-order valence-electron chi connectivity index (χ2n) is 15.1. The molecule has 6 aromatic rings. The highest BCUT2D eigenvalue weighted by Crippen LogP contribution is 2.39. The minimum Gasteiger partial charge on any atom is -0.508 e. The summed E-state index contributed by atoms with van der Waals surface area (Å²) in [6.07, 6.45) is 6.29. The van der Waals surface area contributed by atoms with Gasteiger partial charge in [0.05, 0.1) is 29.4 Å². The molecule has 61 heavy (non-hydrogen) atoms. The first kappa shape index (κ1) is 42.6. The Morgan fingerprint density at radius 2 is 1.72 bits per heavy atom. The zero-order valence-corrected chi connectivity index (χ0v) is 35.1. The molecule has 15 nitrogen and oxygen atoms in total. The zero-order chi connectivity index (χ0) is 43.7. The molecule has 0 aliphatic carbocycles. The number of phenolic OH excluding ortho intramolecular Hbond substituents is 2. The number of carbonyl (C=O) groups excluding carboxylic acids is 3. The Morgan fingerprint density at radius 1 is 1.00 bits per heavy atom. The minimum absolute atomic E-state index is 0.0200. The number of likely N-dealkylation sites (tertiary alicyclic amines) is 1. The first-order valence-corrected chi connectivity index (χ1v) is 20.1. The second-order valence-corrected chi connectivity index (χ2v) is 15.9. The highest BCUT2D eigenvalue weighted by Gasteiger charge is 2.27. The predicted molar refractivity (Wildman–Crippen MR) is 227 cm³/mol. The van der Waals surface area contributed by atoms with Crippen molar-refractivity contribution in [2.75, 3.05) is 32.4 Å². The van der Waals surface area contributed by atoms with Crippen LogP contribution in [0, 0.1) is 5.82 Å². The number of halogens is 3. The zero-order valence-electron chi connectivity index (χ0n) is 33.6. The standard InChI is InChI=1S/C43H42Cl2FN9O6/c1-23(2)30-16-31(35(58)17-34(30)57)42-51-50-37(22-56)55(42)29-7-5-25(6-8-29)43(60)52(4)21-38(59)53-13-11-28(12-14-53)54-20-27(19-49-54)26-15-36(41(47)48-18-26)61-24(3)39-32(44)9-10-33(46)40(39)45/h5-10,15-20,22-24,28,57-58H,11-14,21H2,1-4H3,(H2,47,48)/t24-/m1/s1. The van der Waals surface area contributed by atoms with E-state index in [9.17, 15) is 29.0 Å². The summed E-state index contributed by atoms with van der Waals surface area (Å²) in [7, 11) is 1.56. The van der Waals surface area contributed by atoms with Crippen LogP contribution < -0.4 is 10.5 Å². The molecule has 1 saturated heterocycles. The van der Waals surface area contributed by atoms with Gasteiger partial charge in [-0.3, -0.25) is 23.6 Å². The molecule has 1 aliphatic rings. The highest BCUT2D eigenvalue weighted by atomic mass is 35.5. The smallest absolute Gasteiger partial charge is 0.254 e. The molecule has 3 aromatic carbocycles. The van der Waals surface area contributed by atoms with E-state index < -0.39 is 11.9 Å². The molecule has 3 aromatic heterocycles. The number of piperidine rings is 1. The van der Waals surface area contributed by atoms with E-state index in [1.165, 1.54) is 27.7 Å². The van der Waals surface area contributed by atoms with Crippen LogP contribution in [0.4, 0.5) is 10.2 Å². The summed E-state index contributed by atoms with van der Waals surface area (Å²) in [5.74, 6) is -1.02. The third kappa shape index (κ3) is 8.72. The Bertz CT molecular complexity index is 2630. The van der Waals surface area contributed by atoms with Crippen LogP contribution in [0.2, 0.25) is 10.0 Å². The predicted octanol–water partition coefficient (Wildman–Crippen LogP) is 7.64. The van der Waals surface area contributed by atoms with E-state index in [0.29, 0.717) is 60.2 Å². The van der Waals surface area contributed by atoms with E-state index in [1.807, 2.05) is 24.7 Å². The van der Waals surface area contributed by atoms with Crippen LogP contribution in [0.5, 0.6) is 17.2 Å². The van der Waals surface area contributed by atoms with Crippen molar-refractivity contribution < 1.29 is 33.7 Å². The lowest BCUT2D eigenvalue weighted by Crippen LogP contribution is -2.45. The van der Waals surface area contributed by atoms with Crippen molar-refractivity contribution in [2.24, 2.45) is 0 Å². The number of anilines is 1. The van der Waals surface area contributed by atoms with Crippen LogP contribution in [0.1, 0.15) is 83.8 Å². The summed E-state index contributed by atoms with van der Waals surface area (Å²) in [6, 6.07) is 13.6. The SMILES string of the molecule is CC(C)c1cc(-c2nnc(C=O)n2-c2ccc(C(=O)N(C)CC(=O)N3CCC(n4cc(-c5cnc(N)c(O[C@H](C)c6c(Cl)ccc(F)c6Cl)c5)cn4)CC3)cc2)c(O)cc1O. The number of pyridine rings is 1. The molecule has 2 amide bonds. The Kier molecular flexibility index (Phi) is 12.3. The number of hydrogen-bond donors (Lipinski definition) is 3. The van der Waals surface area contributed by atoms with E-state index in [2.05, 4.69) is 20.3 Å². The molecule has 1 atom stereocenters. The fraction of sp³-hybridized carbons (Fsp3) is 0.279. The maximum absolute atomic E-state index is 14.2. The Labute approximate surface area is 360 Å². The third-order valence-corrected chi connectivity index (χ3v) is 11.4. The fourth-order valence-electron chi connectivity index (χ4n) is 7.32. The van der Waals surface area contributed by atoms with E-state index >= 15 is 0 Å². The van der Waals surface area contributed by atoms with Crippen LogP contribution in [-0.4, -0.2) is 94.3 Å². The monoisotopic (exact) mass is 869 g/mol. The molecule has 0 spiro atoms. The van der Waals surface area contributed by atoms with Gasteiger partial charge >= 0.3 is 0 Å². The van der Waals surface area contributed by atoms with Gasteiger partial charge in [-0.05, 0) is 79.8 Å². The van der Waals surface area contributed by atoms with Gasteiger partial charge in [-0.2, -0.15) is 5.10 Å². The van der Waals surface area contributed by atoms with Gasteiger partial charge < -0.3 is 30.5 Å². The Morgan fingerprint density at radius 3 is 2.41 bits per heavy atom. The van der Waals surface area contributed by atoms with E-state index in [4.69, 9.17) is 33.7 Å². The van der Waals surface area contributed by atoms with E-state index in [1.54, 1.807) is 67.7 Å². The van der Waals surface area contributed by atoms with Crippen LogP contribution in [0.15, 0.2) is 73.2 Å². The molecular formula is C43H42Cl2FN9O6. The molecule has 316 valence electrons. The van der Waals surface area contributed by atoms with Crippen LogP contribution in [0.25, 0.3) is 28.2 Å². The van der Waals surface area contributed by atoms with Gasteiger partial charge in [-0.25, -0.2) is 9.37 Å². The van der Waals surface area contributed by atoms with Crippen molar-refractivity contribution in [1.82, 2.24) is 39.3 Å². The number of ether oxygens (including phenoxy) is 1. The largest absolute Gasteiger partial charge is 0.508 e. The van der Waals surface area contributed by atoms with Gasteiger partial charge in [-0.1, -0.05) is 37.0 Å². The quantitative estimate of drug-likeness (QED) is 0.0808. The lowest BCUT2D eigenvalue weighted by Gasteiger charge is -2.33. The summed E-state index contributed by atoms with van der Waals surface area (Å²) >= 11 is 12.5. The maximum atomic E-state index is 14.2. The van der Waals surface area contributed by atoms with Gasteiger partial charge in [-0.15, -0.1) is 10.2 Å². The van der Waals surface area contributed by atoms with Gasteiger partial charge in [0.25, 0.3) is 5.91 Å². The van der Waals surface area contributed by atoms with E-state index in [-0.39, 0.29) is 80.6 Å². The lowest BCUT2D eigenvalue weighted by molar-refractivity contribution is -0.133. The number of nitrogens with two attached hydrogens (primary N) is 1. The number of nitrogens with zero attached hydrogens (tertiary/aromatic N) is 8. The summed E-state index contributed by atoms with van der Waals surface area (Å²) in [4.78, 5) is 46.2. The topological polar surface area (TPSA) is 195 Å². The first-order chi connectivity index (χ1) is 29.1. The van der Waals surface area contributed by atoms with Crippen LogP contribution >= 0.6 is 23.2 Å². The van der Waals surface area contributed by atoms with Crippen molar-refractivity contribution >= 4 is 47.1 Å². The van der Waals surface area contributed by atoms with Crippen molar-refractivity contribution in [1.29, 1.82) is 0 Å². The number of rotatable bonds is 12. The number of aromatic nitrogens is 6. The summed E-state index contributed by atoms with van der Waals surface area (Å²) < 4.78 is 23.5. The summed E-state index contributed by atoms with van der Waals surface area (Å²) in [5.41, 5.74) is 9.49. The number of aldehydes is 1. The molecule has 4 N–H and O–H groups in total. The van der Waals surface area contributed by atoms with Crippen LogP contribution in [0.3, 0.4) is 0 Å². The minimum atomic E-state index is -0.732. The highest BCUT2D eigenvalue weighted by molar-refractivity contribution is 6.36. The fourth-order valence-corrected chi connectivity index (χ4v) is 8.00.